The van der Waals surface area contributed by atoms with E-state index in [0.717, 1.165) is 16.3 Å². The van der Waals surface area contributed by atoms with Gasteiger partial charge in [-0.3, -0.25) is 9.69 Å². The number of nitrogens with zero attached hydrogens (tertiary/aromatic N) is 2. The molecular formula is C40H46BrN9O6. The predicted molar refractivity (Wildman–Crippen MR) is 222 cm³/mol. The van der Waals surface area contributed by atoms with Crippen molar-refractivity contribution in [3.8, 4) is 5.75 Å². The molecule has 3 atom stereocenters. The molecule has 0 saturated carbocycles. The van der Waals surface area contributed by atoms with Crippen LogP contribution in [0.4, 0.5) is 37.1 Å². The number of aliphatic hydroxyl groups is 1. The van der Waals surface area contributed by atoms with Crippen LogP contribution in [0.15, 0.2) is 79.4 Å². The Hall–Kier alpha value is -5.68. The van der Waals surface area contributed by atoms with Crippen molar-refractivity contribution in [1.82, 2.24) is 15.5 Å². The first-order valence-corrected chi connectivity index (χ1v) is 19.5. The first kappa shape index (κ1) is 40.0. The van der Waals surface area contributed by atoms with Crippen molar-refractivity contribution < 1.29 is 29.0 Å². The van der Waals surface area contributed by atoms with E-state index in [1.165, 1.54) is 0 Å². The number of ether oxygens (including phenoxy) is 1. The Morgan fingerprint density at radius 3 is 2.41 bits per heavy atom. The standard InChI is InChI=1S/C40H46BrN9O6/c1-2-24-20-28(47-36(51)25-9-11-27(12-10-25)46-37(52)31(42)8-5-15-45-38(43)53)13-14-32(24)48-39(54)50-23-26(22-41)35-30-7-4-3-6-29(30)34(21-33(35)50)56-40(55)49-18-16-44-17-19-49/h2-4,6-7,9-14,20-21,26,31,36,44,47,51H,1,5,8,15-19,22-23,42H2,(H,46,52)(H,48,54)(H3,43,45,53)/t26-,31+,36?/m1/s1. The Balaban J connectivity index is 1.12. The van der Waals surface area contributed by atoms with Crippen molar-refractivity contribution >= 4 is 79.6 Å². The second kappa shape index (κ2) is 18.3. The number of nitrogens with one attached hydrogen (secondary N) is 5. The van der Waals surface area contributed by atoms with E-state index in [1.807, 2.05) is 24.3 Å². The number of anilines is 4. The normalized spacial score (nSPS) is 16.0. The Kier molecular flexibility index (Phi) is 13.1. The minimum atomic E-state index is -1.09. The van der Waals surface area contributed by atoms with Crippen molar-refractivity contribution in [2.45, 2.75) is 31.0 Å². The summed E-state index contributed by atoms with van der Waals surface area (Å²) < 4.78 is 5.99. The molecule has 6 rings (SSSR count). The molecule has 6 amide bonds. The van der Waals surface area contributed by atoms with Crippen LogP contribution < -0.4 is 47.7 Å². The highest BCUT2D eigenvalue weighted by molar-refractivity contribution is 9.09. The average Bonchev–Trinajstić information content (AvgIpc) is 3.59. The fourth-order valence-corrected chi connectivity index (χ4v) is 7.36. The molecule has 1 fully saturated rings. The number of nitrogens with two attached hydrogens (primary N) is 2. The zero-order valence-electron chi connectivity index (χ0n) is 30.7. The molecule has 2 aliphatic heterocycles. The summed E-state index contributed by atoms with van der Waals surface area (Å²) in [6, 6.07) is 19.7. The van der Waals surface area contributed by atoms with Crippen LogP contribution in [0, 0.1) is 0 Å². The van der Waals surface area contributed by atoms with Gasteiger partial charge in [0, 0.05) is 84.6 Å². The van der Waals surface area contributed by atoms with Crippen molar-refractivity contribution in [3.05, 3.63) is 96.1 Å². The van der Waals surface area contributed by atoms with E-state index >= 15 is 0 Å². The topological polar surface area (TPSA) is 216 Å². The molecule has 0 aromatic heterocycles. The van der Waals surface area contributed by atoms with Gasteiger partial charge < -0.3 is 52.8 Å². The van der Waals surface area contributed by atoms with Crippen LogP contribution in [0.2, 0.25) is 0 Å². The summed E-state index contributed by atoms with van der Waals surface area (Å²) in [5.41, 5.74) is 15.4. The molecule has 1 unspecified atom stereocenters. The third kappa shape index (κ3) is 9.39. The molecule has 2 aliphatic rings. The molecule has 10 N–H and O–H groups in total. The Morgan fingerprint density at radius 2 is 1.71 bits per heavy atom. The third-order valence-electron chi connectivity index (χ3n) is 9.77. The number of amides is 6. The summed E-state index contributed by atoms with van der Waals surface area (Å²) in [7, 11) is 0. The van der Waals surface area contributed by atoms with E-state index < -0.39 is 24.4 Å². The molecule has 0 aliphatic carbocycles. The lowest BCUT2D eigenvalue weighted by Gasteiger charge is -2.27. The molecular weight excluding hydrogens is 782 g/mol. The molecule has 56 heavy (non-hydrogen) atoms. The number of carbonyl (C=O) groups is 4. The van der Waals surface area contributed by atoms with Gasteiger partial charge in [0.15, 0.2) is 6.23 Å². The zero-order valence-corrected chi connectivity index (χ0v) is 32.3. The summed E-state index contributed by atoms with van der Waals surface area (Å²) in [6.07, 6.45) is 0.953. The van der Waals surface area contributed by atoms with E-state index in [1.54, 1.807) is 64.4 Å². The SMILES string of the molecule is C=Cc1cc(NC(O)c2ccc(NC(=O)[C@@H](N)CCCNC(N)=O)cc2)ccc1NC(=O)N1C[C@@H](CBr)c2c1cc(OC(=O)N1CCNCC1)c1ccccc21. The molecule has 0 spiro atoms. The van der Waals surface area contributed by atoms with Gasteiger partial charge >= 0.3 is 18.2 Å². The number of carbonyl (C=O) groups excluding carboxylic acids is 4. The first-order chi connectivity index (χ1) is 27.1. The number of rotatable bonds is 13. The van der Waals surface area contributed by atoms with Crippen molar-refractivity contribution in [2.24, 2.45) is 11.5 Å². The second-order valence-electron chi connectivity index (χ2n) is 13.6. The van der Waals surface area contributed by atoms with Crippen LogP contribution in [-0.2, 0) is 4.79 Å². The van der Waals surface area contributed by atoms with Crippen LogP contribution in [-0.4, -0.2) is 84.7 Å². The lowest BCUT2D eigenvalue weighted by atomic mass is 9.95. The lowest BCUT2D eigenvalue weighted by molar-refractivity contribution is -0.117. The number of benzene rings is 4. The van der Waals surface area contributed by atoms with Crippen molar-refractivity contribution in [3.63, 3.8) is 0 Å². The van der Waals surface area contributed by atoms with E-state index in [4.69, 9.17) is 16.2 Å². The van der Waals surface area contributed by atoms with Crippen molar-refractivity contribution in [1.29, 1.82) is 0 Å². The molecule has 294 valence electrons. The molecule has 2 heterocycles. The molecule has 0 radical (unpaired) electrons. The zero-order chi connectivity index (χ0) is 39.8. The van der Waals surface area contributed by atoms with Crippen molar-refractivity contribution in [2.75, 3.05) is 65.4 Å². The lowest BCUT2D eigenvalue weighted by Crippen LogP contribution is -2.47. The summed E-state index contributed by atoms with van der Waals surface area (Å²) in [6.45, 7) is 7.16. The molecule has 4 aromatic carbocycles. The van der Waals surface area contributed by atoms with Gasteiger partial charge in [-0.15, -0.1) is 0 Å². The number of aliphatic hydroxyl groups excluding tert-OH is 1. The van der Waals surface area contributed by atoms with E-state index in [9.17, 15) is 24.3 Å². The number of hydrogen-bond acceptors (Lipinski definition) is 9. The largest absolute Gasteiger partial charge is 0.415 e. The fraction of sp³-hybridized carbons (Fsp3) is 0.300. The maximum Gasteiger partial charge on any atom is 0.415 e. The molecule has 1 saturated heterocycles. The monoisotopic (exact) mass is 827 g/mol. The molecule has 0 bridgehead atoms. The molecule has 15 nitrogen and oxygen atoms in total. The van der Waals surface area contributed by atoms with Crippen LogP contribution in [0.25, 0.3) is 16.8 Å². The van der Waals surface area contributed by atoms with Gasteiger partial charge in [0.05, 0.1) is 11.7 Å². The molecule has 16 heteroatoms. The van der Waals surface area contributed by atoms with Gasteiger partial charge in [-0.25, -0.2) is 14.4 Å². The van der Waals surface area contributed by atoms with Crippen LogP contribution >= 0.6 is 15.9 Å². The first-order valence-electron chi connectivity index (χ1n) is 18.3. The summed E-state index contributed by atoms with van der Waals surface area (Å²) >= 11 is 3.65. The molecule has 4 aromatic rings. The van der Waals surface area contributed by atoms with Gasteiger partial charge in [0.2, 0.25) is 5.91 Å². The van der Waals surface area contributed by atoms with Gasteiger partial charge in [0.25, 0.3) is 0 Å². The third-order valence-corrected chi connectivity index (χ3v) is 10.6. The summed E-state index contributed by atoms with van der Waals surface area (Å²) in [5, 5.41) is 27.9. The summed E-state index contributed by atoms with van der Waals surface area (Å²) in [5.74, 6) is 0.0156. The summed E-state index contributed by atoms with van der Waals surface area (Å²) in [4.78, 5) is 53.8. The number of piperazine rings is 1. The van der Waals surface area contributed by atoms with Gasteiger partial charge in [-0.2, -0.15) is 0 Å². The van der Waals surface area contributed by atoms with E-state index in [0.29, 0.717) is 97.1 Å². The maximum atomic E-state index is 14.0. The minimum Gasteiger partial charge on any atom is -0.409 e. The predicted octanol–water partition coefficient (Wildman–Crippen LogP) is 5.23. The average molecular weight is 829 g/mol. The second-order valence-corrected chi connectivity index (χ2v) is 14.2. The highest BCUT2D eigenvalue weighted by Crippen LogP contribution is 2.46. The minimum absolute atomic E-state index is 0.00297. The van der Waals surface area contributed by atoms with E-state index in [2.05, 4.69) is 49.1 Å². The Bertz CT molecular complexity index is 2090. The number of urea groups is 2. The Morgan fingerprint density at radius 1 is 1.00 bits per heavy atom. The van der Waals surface area contributed by atoms with Crippen LogP contribution in [0.5, 0.6) is 5.75 Å². The van der Waals surface area contributed by atoms with Crippen LogP contribution in [0.1, 0.15) is 41.7 Å². The number of halogens is 1. The quantitative estimate of drug-likeness (QED) is 0.0502. The van der Waals surface area contributed by atoms with Crippen LogP contribution in [0.3, 0.4) is 0 Å². The number of hydrogen-bond donors (Lipinski definition) is 8. The fourth-order valence-electron chi connectivity index (χ4n) is 6.83. The Labute approximate surface area is 332 Å². The highest BCUT2D eigenvalue weighted by Gasteiger charge is 2.35. The smallest absolute Gasteiger partial charge is 0.409 e. The van der Waals surface area contributed by atoms with Gasteiger partial charge in [-0.05, 0) is 59.7 Å². The number of primary amides is 1. The maximum absolute atomic E-state index is 14.0. The number of alkyl halides is 1. The van der Waals surface area contributed by atoms with Gasteiger partial charge in [0.1, 0.15) is 5.75 Å². The highest BCUT2D eigenvalue weighted by atomic mass is 79.9. The van der Waals surface area contributed by atoms with Gasteiger partial charge in [-0.1, -0.05) is 65.0 Å². The van der Waals surface area contributed by atoms with E-state index in [-0.39, 0.29) is 17.9 Å². The number of fused-ring (bicyclic) bond motifs is 3.